The minimum Gasteiger partial charge on any atom is -0.481 e. The van der Waals surface area contributed by atoms with E-state index in [1.807, 2.05) is 64.1 Å². The van der Waals surface area contributed by atoms with Gasteiger partial charge in [0.15, 0.2) is 0 Å². The van der Waals surface area contributed by atoms with Gasteiger partial charge in [-0.1, -0.05) is 50.2 Å². The maximum absolute atomic E-state index is 13.6. The maximum Gasteiger partial charge on any atom is 0.305 e. The normalized spacial score (nSPS) is 13.7. The van der Waals surface area contributed by atoms with Crippen LogP contribution in [-0.2, 0) is 14.4 Å². The number of halogens is 2. The van der Waals surface area contributed by atoms with E-state index >= 15 is 0 Å². The molecular formula is C30H38F2N2O4. The number of allylic oxidation sites excluding steroid dienone is 1. The molecule has 2 N–H and O–H groups in total. The van der Waals surface area contributed by atoms with E-state index in [0.717, 1.165) is 40.2 Å². The van der Waals surface area contributed by atoms with Crippen molar-refractivity contribution in [2.24, 2.45) is 5.92 Å². The zero-order valence-electron chi connectivity index (χ0n) is 23.1. The van der Waals surface area contributed by atoms with Gasteiger partial charge in [0.05, 0.1) is 12.5 Å². The Morgan fingerprint density at radius 1 is 1.08 bits per heavy atom. The topological polar surface area (TPSA) is 86.7 Å². The lowest BCUT2D eigenvalue weighted by Gasteiger charge is -2.30. The number of benzene rings is 2. The van der Waals surface area contributed by atoms with Gasteiger partial charge in [-0.25, -0.2) is 8.78 Å². The third-order valence-electron chi connectivity index (χ3n) is 6.60. The van der Waals surface area contributed by atoms with Crippen molar-refractivity contribution in [3.63, 3.8) is 0 Å². The van der Waals surface area contributed by atoms with Crippen molar-refractivity contribution in [3.05, 3.63) is 70.8 Å². The van der Waals surface area contributed by atoms with Gasteiger partial charge in [0.25, 0.3) is 5.92 Å². The highest BCUT2D eigenvalue weighted by atomic mass is 19.3. The molecular weight excluding hydrogens is 490 g/mol. The van der Waals surface area contributed by atoms with Crippen LogP contribution in [0.1, 0.15) is 63.3 Å². The van der Waals surface area contributed by atoms with Crippen LogP contribution in [0, 0.1) is 19.8 Å². The van der Waals surface area contributed by atoms with Gasteiger partial charge in [-0.05, 0) is 67.0 Å². The summed E-state index contributed by atoms with van der Waals surface area (Å²) in [6, 6.07) is 11.5. The Hall–Kier alpha value is -3.55. The Morgan fingerprint density at radius 2 is 1.66 bits per heavy atom. The molecule has 38 heavy (non-hydrogen) atoms. The Bertz CT molecular complexity index is 1180. The second-order valence-electron chi connectivity index (χ2n) is 10.4. The first-order valence-corrected chi connectivity index (χ1v) is 12.6. The van der Waals surface area contributed by atoms with E-state index in [9.17, 15) is 28.3 Å². The maximum atomic E-state index is 13.6. The van der Waals surface area contributed by atoms with Crippen molar-refractivity contribution in [3.8, 4) is 11.1 Å². The molecule has 2 rings (SSSR count). The average Bonchev–Trinajstić information content (AvgIpc) is 2.80. The fourth-order valence-corrected chi connectivity index (χ4v) is 4.33. The summed E-state index contributed by atoms with van der Waals surface area (Å²) in [6.45, 7) is 9.62. The van der Waals surface area contributed by atoms with E-state index < -0.39 is 41.4 Å². The van der Waals surface area contributed by atoms with Gasteiger partial charge in [0.1, 0.15) is 6.04 Å². The predicted molar refractivity (Wildman–Crippen MR) is 145 cm³/mol. The number of likely N-dealkylation sites (N-methyl/N-ethyl adjacent to an activating group) is 1. The van der Waals surface area contributed by atoms with Crippen LogP contribution in [0.15, 0.2) is 54.1 Å². The number of nitrogens with zero attached hydrogens (tertiary/aromatic N) is 1. The fraction of sp³-hybridized carbons (Fsp3) is 0.433. The minimum absolute atomic E-state index is 0.00368. The Balaban J connectivity index is 2.42. The third-order valence-corrected chi connectivity index (χ3v) is 6.60. The van der Waals surface area contributed by atoms with E-state index in [1.165, 1.54) is 7.05 Å². The zero-order valence-corrected chi connectivity index (χ0v) is 23.1. The molecule has 2 aromatic carbocycles. The van der Waals surface area contributed by atoms with Crippen LogP contribution in [0.3, 0.4) is 0 Å². The molecule has 0 heterocycles. The molecule has 0 aliphatic rings. The number of aryl methyl sites for hydroxylation is 2. The number of carbonyl (C=O) groups excluding carboxylic acids is 2. The van der Waals surface area contributed by atoms with Crippen LogP contribution in [-0.4, -0.2) is 46.8 Å². The van der Waals surface area contributed by atoms with Gasteiger partial charge < -0.3 is 15.3 Å². The lowest BCUT2D eigenvalue weighted by atomic mass is 9.92. The molecule has 0 saturated heterocycles. The van der Waals surface area contributed by atoms with Gasteiger partial charge in [0.2, 0.25) is 11.8 Å². The summed E-state index contributed by atoms with van der Waals surface area (Å²) < 4.78 is 27.2. The monoisotopic (exact) mass is 528 g/mol. The standard InChI is InChI=1S/C30H38F2N2O4/c1-18(2)14-25(34(7)26(35)15-21(5)30(6,31)32)29(38)33-24(17-27(36)37)22-12-9-13-23(16-22)28-19(3)10-8-11-20(28)4/h8-13,15-16,18,24-25H,14,17H2,1-7H3,(H,33,38)(H,36,37)/b21-15+/t24-,25?/m0/s1. The minimum atomic E-state index is -3.17. The van der Waals surface area contributed by atoms with E-state index in [0.29, 0.717) is 12.5 Å². The molecule has 6 nitrogen and oxygen atoms in total. The number of rotatable bonds is 11. The van der Waals surface area contributed by atoms with Gasteiger partial charge >= 0.3 is 5.97 Å². The molecule has 2 amide bonds. The van der Waals surface area contributed by atoms with Gasteiger partial charge in [0, 0.05) is 25.6 Å². The largest absolute Gasteiger partial charge is 0.481 e. The molecule has 206 valence electrons. The van der Waals surface area contributed by atoms with Crippen molar-refractivity contribution < 1.29 is 28.3 Å². The number of carboxylic acid groups (broad SMARTS) is 1. The molecule has 2 atom stereocenters. The number of amides is 2. The summed E-state index contributed by atoms with van der Waals surface area (Å²) in [5.74, 6) is -5.53. The molecule has 1 unspecified atom stereocenters. The molecule has 0 saturated carbocycles. The summed E-state index contributed by atoms with van der Waals surface area (Å²) in [7, 11) is 1.39. The third kappa shape index (κ3) is 8.23. The van der Waals surface area contributed by atoms with E-state index in [-0.39, 0.29) is 18.8 Å². The number of hydrogen-bond acceptors (Lipinski definition) is 3. The highest BCUT2D eigenvalue weighted by Gasteiger charge is 2.31. The molecule has 0 radical (unpaired) electrons. The Morgan fingerprint density at radius 3 is 2.18 bits per heavy atom. The summed E-state index contributed by atoms with van der Waals surface area (Å²) >= 11 is 0. The van der Waals surface area contributed by atoms with E-state index in [1.54, 1.807) is 6.07 Å². The van der Waals surface area contributed by atoms with Crippen molar-refractivity contribution in [2.45, 2.75) is 72.4 Å². The van der Waals surface area contributed by atoms with Gasteiger partial charge in [-0.15, -0.1) is 0 Å². The highest BCUT2D eigenvalue weighted by molar-refractivity contribution is 5.93. The van der Waals surface area contributed by atoms with E-state index in [2.05, 4.69) is 5.32 Å². The van der Waals surface area contributed by atoms with Crippen molar-refractivity contribution >= 4 is 17.8 Å². The van der Waals surface area contributed by atoms with Crippen LogP contribution >= 0.6 is 0 Å². The molecule has 0 fully saturated rings. The molecule has 0 aliphatic carbocycles. The first kappa shape index (κ1) is 30.7. The van der Waals surface area contributed by atoms with Gasteiger partial charge in [-0.3, -0.25) is 14.4 Å². The second kappa shape index (κ2) is 12.8. The molecule has 2 aromatic rings. The van der Waals surface area contributed by atoms with Gasteiger partial charge in [-0.2, -0.15) is 0 Å². The Labute approximate surface area is 223 Å². The van der Waals surface area contributed by atoms with E-state index in [4.69, 9.17) is 0 Å². The first-order chi connectivity index (χ1) is 17.6. The van der Waals surface area contributed by atoms with Crippen LogP contribution in [0.2, 0.25) is 0 Å². The quantitative estimate of drug-likeness (QED) is 0.346. The molecule has 0 bridgehead atoms. The van der Waals surface area contributed by atoms with Crippen LogP contribution < -0.4 is 5.32 Å². The lowest BCUT2D eigenvalue weighted by Crippen LogP contribution is -2.49. The number of hydrogen-bond donors (Lipinski definition) is 2. The summed E-state index contributed by atoms with van der Waals surface area (Å²) in [6.07, 6.45) is 0.740. The number of nitrogens with one attached hydrogen (secondary N) is 1. The average molecular weight is 529 g/mol. The van der Waals surface area contributed by atoms with Crippen molar-refractivity contribution in [1.82, 2.24) is 10.2 Å². The van der Waals surface area contributed by atoms with Crippen LogP contribution in [0.5, 0.6) is 0 Å². The first-order valence-electron chi connectivity index (χ1n) is 12.6. The fourth-order valence-electron chi connectivity index (χ4n) is 4.33. The summed E-state index contributed by atoms with van der Waals surface area (Å²) in [4.78, 5) is 39.1. The van der Waals surface area contributed by atoms with Crippen molar-refractivity contribution in [2.75, 3.05) is 7.05 Å². The number of carbonyl (C=O) groups is 3. The molecule has 0 aromatic heterocycles. The zero-order chi connectivity index (χ0) is 28.8. The smallest absolute Gasteiger partial charge is 0.305 e. The summed E-state index contributed by atoms with van der Waals surface area (Å²) in [5.41, 5.74) is 4.27. The number of aliphatic carboxylic acids is 1. The molecule has 8 heteroatoms. The second-order valence-corrected chi connectivity index (χ2v) is 10.4. The number of alkyl halides is 2. The molecule has 0 aliphatic heterocycles. The number of carboxylic acids is 1. The molecule has 0 spiro atoms. The summed E-state index contributed by atoms with van der Waals surface area (Å²) in [5, 5.41) is 12.4. The van der Waals surface area contributed by atoms with Crippen LogP contribution in [0.4, 0.5) is 8.78 Å². The lowest BCUT2D eigenvalue weighted by molar-refractivity contribution is -0.139. The van der Waals surface area contributed by atoms with Crippen LogP contribution in [0.25, 0.3) is 11.1 Å². The van der Waals surface area contributed by atoms with Crippen molar-refractivity contribution in [1.29, 1.82) is 0 Å². The Kier molecular flexibility index (Phi) is 10.3. The SMILES string of the molecule is C/C(=C\C(=O)N(C)C(CC(C)C)C(=O)N[C@@H](CC(=O)O)c1cccc(-c2c(C)cccc2C)c1)C(C)(F)F. The predicted octanol–water partition coefficient (Wildman–Crippen LogP) is 6.08. The highest BCUT2D eigenvalue weighted by Crippen LogP contribution is 2.30.